The Hall–Kier alpha value is -7.49. The van der Waals surface area contributed by atoms with Gasteiger partial charge in [-0.3, -0.25) is 4.98 Å². The van der Waals surface area contributed by atoms with E-state index in [1.165, 1.54) is 44.2 Å². The Morgan fingerprint density at radius 2 is 0.965 bits per heavy atom. The molecule has 1 aliphatic carbocycles. The van der Waals surface area contributed by atoms with Crippen LogP contribution in [0.1, 0.15) is 22.3 Å². The number of nitrogens with zero attached hydrogens (tertiary/aromatic N) is 3. The monoisotopic (exact) mass is 723 g/mol. The number of hydrogen-bond acceptors (Lipinski definition) is 3. The zero-order valence-electron chi connectivity index (χ0n) is 30.9. The van der Waals surface area contributed by atoms with Gasteiger partial charge in [-0.1, -0.05) is 176 Å². The van der Waals surface area contributed by atoms with Gasteiger partial charge in [-0.2, -0.15) is 0 Å². The molecule has 0 aliphatic heterocycles. The van der Waals surface area contributed by atoms with Gasteiger partial charge in [0.05, 0.1) is 33.4 Å². The summed E-state index contributed by atoms with van der Waals surface area (Å²) in [6.07, 6.45) is 1.84. The van der Waals surface area contributed by atoms with Crippen LogP contribution < -0.4 is 0 Å². The first kappa shape index (κ1) is 31.8. The van der Waals surface area contributed by atoms with E-state index in [0.717, 1.165) is 66.0 Å². The molecular weight excluding hydrogens is 691 g/mol. The van der Waals surface area contributed by atoms with Crippen molar-refractivity contribution in [2.75, 3.05) is 0 Å². The summed E-state index contributed by atoms with van der Waals surface area (Å²) in [6, 6.07) is 70.2. The van der Waals surface area contributed by atoms with Crippen LogP contribution in [0.25, 0.3) is 87.9 Å². The average molecular weight is 724 g/mol. The summed E-state index contributed by atoms with van der Waals surface area (Å²) >= 11 is 0. The molecule has 0 saturated heterocycles. The summed E-state index contributed by atoms with van der Waals surface area (Å²) in [5.74, 6) is 0. The van der Waals surface area contributed by atoms with Crippen molar-refractivity contribution in [1.82, 2.24) is 15.0 Å². The Labute approximate surface area is 329 Å². The fraction of sp³-hybridized carbons (Fsp3) is 0.0185. The van der Waals surface area contributed by atoms with E-state index >= 15 is 0 Å². The molecule has 0 amide bonds. The molecule has 0 fully saturated rings. The van der Waals surface area contributed by atoms with Gasteiger partial charge in [0.2, 0.25) is 0 Å². The molecule has 0 spiro atoms. The maximum Gasteiger partial charge on any atom is 0.0972 e. The van der Waals surface area contributed by atoms with Crippen molar-refractivity contribution >= 4 is 54.3 Å². The predicted octanol–water partition coefficient (Wildman–Crippen LogP) is 13.3. The lowest BCUT2D eigenvalue weighted by Gasteiger charge is -2.35. The van der Waals surface area contributed by atoms with Crippen LogP contribution in [0.15, 0.2) is 200 Å². The molecule has 8 aromatic carbocycles. The Balaban J connectivity index is 1.14. The third-order valence-electron chi connectivity index (χ3n) is 12.2. The highest BCUT2D eigenvalue weighted by Crippen LogP contribution is 2.59. The van der Waals surface area contributed by atoms with E-state index in [2.05, 4.69) is 188 Å². The lowest BCUT2D eigenvalue weighted by atomic mass is 9.66. The standard InChI is InChI=1S/C54H33N3/c1-3-15-36(16-4-1)54(37-17-5-2-6-18-37)46-24-12-11-21-40(46)43-30-32-48-49(50(43)54)42-22-9-10-23-44(42)53(57-48)45-29-28-41(38-19-7-8-20-39(38)45)47-31-27-35-26-25-34-14-13-33-55-51(34)52(35)56-47/h1-33H. The highest BCUT2D eigenvalue weighted by Gasteiger charge is 2.47. The molecule has 0 saturated carbocycles. The summed E-state index contributed by atoms with van der Waals surface area (Å²) in [6.45, 7) is 0. The van der Waals surface area contributed by atoms with Gasteiger partial charge in [0.25, 0.3) is 0 Å². The van der Waals surface area contributed by atoms with Crippen molar-refractivity contribution in [3.63, 3.8) is 0 Å². The molecule has 0 radical (unpaired) electrons. The summed E-state index contributed by atoms with van der Waals surface area (Å²) in [5.41, 5.74) is 14.0. The van der Waals surface area contributed by atoms with Crippen LogP contribution in [0.4, 0.5) is 0 Å². The second-order valence-electron chi connectivity index (χ2n) is 15.0. The third kappa shape index (κ3) is 4.51. The Morgan fingerprint density at radius 1 is 0.368 bits per heavy atom. The van der Waals surface area contributed by atoms with Crippen LogP contribution in [-0.2, 0) is 5.41 Å². The largest absolute Gasteiger partial charge is 0.254 e. The van der Waals surface area contributed by atoms with Crippen LogP contribution in [0.2, 0.25) is 0 Å². The highest BCUT2D eigenvalue weighted by molar-refractivity contribution is 6.18. The van der Waals surface area contributed by atoms with Crippen molar-refractivity contribution in [1.29, 1.82) is 0 Å². The fourth-order valence-electron chi connectivity index (χ4n) is 9.79. The lowest BCUT2D eigenvalue weighted by Crippen LogP contribution is -2.28. The van der Waals surface area contributed by atoms with Gasteiger partial charge in [0.15, 0.2) is 0 Å². The Bertz CT molecular complexity index is 3370. The molecule has 3 heterocycles. The zero-order valence-corrected chi connectivity index (χ0v) is 30.9. The lowest BCUT2D eigenvalue weighted by molar-refractivity contribution is 0.776. The minimum absolute atomic E-state index is 0.540. The first-order chi connectivity index (χ1) is 28.3. The smallest absolute Gasteiger partial charge is 0.0972 e. The van der Waals surface area contributed by atoms with E-state index in [1.807, 2.05) is 12.3 Å². The van der Waals surface area contributed by atoms with E-state index in [9.17, 15) is 0 Å². The van der Waals surface area contributed by atoms with Crippen LogP contribution >= 0.6 is 0 Å². The van der Waals surface area contributed by atoms with Gasteiger partial charge < -0.3 is 0 Å². The number of pyridine rings is 3. The van der Waals surface area contributed by atoms with E-state index in [4.69, 9.17) is 15.0 Å². The minimum Gasteiger partial charge on any atom is -0.254 e. The number of fused-ring (bicyclic) bond motifs is 11. The van der Waals surface area contributed by atoms with Gasteiger partial charge in [0.1, 0.15) is 0 Å². The van der Waals surface area contributed by atoms with Crippen molar-refractivity contribution in [2.45, 2.75) is 5.41 Å². The maximum atomic E-state index is 5.67. The summed E-state index contributed by atoms with van der Waals surface area (Å²) < 4.78 is 0. The second-order valence-corrected chi connectivity index (χ2v) is 15.0. The molecule has 3 heteroatoms. The van der Waals surface area contributed by atoms with Crippen LogP contribution in [-0.4, -0.2) is 15.0 Å². The minimum atomic E-state index is -0.540. The molecule has 57 heavy (non-hydrogen) atoms. The molecular formula is C54H33N3. The van der Waals surface area contributed by atoms with Crippen molar-refractivity contribution in [3.05, 3.63) is 223 Å². The van der Waals surface area contributed by atoms with Crippen LogP contribution in [0.5, 0.6) is 0 Å². The van der Waals surface area contributed by atoms with E-state index in [0.29, 0.717) is 0 Å². The number of hydrogen-bond donors (Lipinski definition) is 0. The highest BCUT2D eigenvalue weighted by atomic mass is 14.8. The van der Waals surface area contributed by atoms with Gasteiger partial charge >= 0.3 is 0 Å². The second kappa shape index (κ2) is 12.3. The molecule has 11 aromatic rings. The van der Waals surface area contributed by atoms with Gasteiger partial charge in [-0.25, -0.2) is 9.97 Å². The van der Waals surface area contributed by atoms with Crippen molar-refractivity contribution in [3.8, 4) is 33.6 Å². The zero-order chi connectivity index (χ0) is 37.5. The third-order valence-corrected chi connectivity index (χ3v) is 12.2. The Morgan fingerprint density at radius 3 is 1.74 bits per heavy atom. The maximum absolute atomic E-state index is 5.67. The molecule has 0 N–H and O–H groups in total. The van der Waals surface area contributed by atoms with Crippen LogP contribution in [0.3, 0.4) is 0 Å². The predicted molar refractivity (Wildman–Crippen MR) is 236 cm³/mol. The van der Waals surface area contributed by atoms with Gasteiger partial charge in [-0.15, -0.1) is 0 Å². The van der Waals surface area contributed by atoms with E-state index in [-0.39, 0.29) is 0 Å². The summed E-state index contributed by atoms with van der Waals surface area (Å²) in [7, 11) is 0. The molecule has 12 rings (SSSR count). The summed E-state index contributed by atoms with van der Waals surface area (Å²) in [5, 5.41) is 7.96. The topological polar surface area (TPSA) is 38.7 Å². The number of rotatable bonds is 4. The molecule has 3 aromatic heterocycles. The molecule has 3 nitrogen and oxygen atoms in total. The van der Waals surface area contributed by atoms with Crippen molar-refractivity contribution < 1.29 is 0 Å². The summed E-state index contributed by atoms with van der Waals surface area (Å²) in [4.78, 5) is 15.6. The van der Waals surface area contributed by atoms with Gasteiger partial charge in [-0.05, 0) is 67.7 Å². The van der Waals surface area contributed by atoms with E-state index < -0.39 is 5.41 Å². The average Bonchev–Trinajstić information content (AvgIpc) is 3.60. The molecule has 0 atom stereocenters. The van der Waals surface area contributed by atoms with E-state index in [1.54, 1.807) is 0 Å². The molecule has 1 aliphatic rings. The molecule has 0 bridgehead atoms. The quantitative estimate of drug-likeness (QED) is 0.170. The fourth-order valence-corrected chi connectivity index (χ4v) is 9.79. The van der Waals surface area contributed by atoms with Crippen LogP contribution in [0, 0.1) is 0 Å². The SMILES string of the molecule is c1ccc(C2(c3ccccc3)c3ccccc3-c3ccc4nc(-c5ccc(-c6ccc7ccc8cccnc8c7n6)c6ccccc56)c5ccccc5c4c32)cc1. The molecule has 264 valence electrons. The first-order valence-electron chi connectivity index (χ1n) is 19.5. The number of benzene rings is 8. The number of aromatic nitrogens is 3. The van der Waals surface area contributed by atoms with Crippen molar-refractivity contribution in [2.24, 2.45) is 0 Å². The first-order valence-corrected chi connectivity index (χ1v) is 19.5. The normalized spacial score (nSPS) is 13.1. The Kier molecular flexibility index (Phi) is 6.84. The molecule has 0 unspecified atom stereocenters. The van der Waals surface area contributed by atoms with Gasteiger partial charge in [0, 0.05) is 38.9 Å².